The van der Waals surface area contributed by atoms with Crippen LogP contribution in [0.2, 0.25) is 0 Å². The number of carbonyl (C=O) groups is 1. The number of nitrogens with zero attached hydrogens (tertiary/aromatic N) is 2. The van der Waals surface area contributed by atoms with Gasteiger partial charge in [0.05, 0.1) is 5.69 Å². The predicted molar refractivity (Wildman–Crippen MR) is 77.6 cm³/mol. The molecule has 4 nitrogen and oxygen atoms in total. The fourth-order valence-electron chi connectivity index (χ4n) is 2.03. The third-order valence-corrected chi connectivity index (χ3v) is 3.08. The van der Waals surface area contributed by atoms with Gasteiger partial charge >= 0.3 is 5.97 Å². The Kier molecular flexibility index (Phi) is 4.13. The molecule has 0 saturated carbocycles. The Morgan fingerprint density at radius 2 is 1.85 bits per heavy atom. The van der Waals surface area contributed by atoms with Crippen LogP contribution < -0.4 is 0 Å². The van der Waals surface area contributed by atoms with E-state index in [0.717, 1.165) is 17.0 Å². The molecule has 0 spiro atoms. The summed E-state index contributed by atoms with van der Waals surface area (Å²) in [6.45, 7) is 6.14. The number of carboxylic acid groups (broad SMARTS) is 1. The van der Waals surface area contributed by atoms with Gasteiger partial charge in [0.15, 0.2) is 0 Å². The van der Waals surface area contributed by atoms with E-state index >= 15 is 0 Å². The molecular weight excluding hydrogens is 252 g/mol. The Bertz CT molecular complexity index is 619. The monoisotopic (exact) mass is 270 g/mol. The van der Waals surface area contributed by atoms with Crippen molar-refractivity contribution >= 4 is 5.97 Å². The quantitative estimate of drug-likeness (QED) is 0.926. The van der Waals surface area contributed by atoms with Crippen LogP contribution in [-0.4, -0.2) is 21.0 Å². The van der Waals surface area contributed by atoms with Gasteiger partial charge in [-0.3, -0.25) is 4.79 Å². The number of aromatic nitrogens is 2. The molecule has 1 aromatic carbocycles. The number of hydrogen-bond donors (Lipinski definition) is 1. The molecule has 2 rings (SSSR count). The van der Waals surface area contributed by atoms with Crippen LogP contribution in [0.5, 0.6) is 0 Å². The highest BCUT2D eigenvalue weighted by Crippen LogP contribution is 2.21. The number of aliphatic carboxylic acids is 1. The normalized spacial score (nSPS) is 10.8. The lowest BCUT2D eigenvalue weighted by atomic mass is 10.0. The van der Waals surface area contributed by atoms with Crippen LogP contribution in [0.3, 0.4) is 0 Å². The van der Waals surface area contributed by atoms with Gasteiger partial charge in [0.1, 0.15) is 12.2 Å². The predicted octanol–water partition coefficient (Wildman–Crippen LogP) is 3.20. The van der Waals surface area contributed by atoms with Crippen LogP contribution in [0.1, 0.15) is 36.8 Å². The zero-order chi connectivity index (χ0) is 14.7. The largest absolute Gasteiger partial charge is 0.481 e. The van der Waals surface area contributed by atoms with Crippen molar-refractivity contribution in [3.8, 4) is 11.3 Å². The van der Waals surface area contributed by atoms with Crippen LogP contribution >= 0.6 is 0 Å². The number of rotatable bonds is 4. The molecule has 0 aliphatic rings. The van der Waals surface area contributed by atoms with Gasteiger partial charge in [0.2, 0.25) is 0 Å². The summed E-state index contributed by atoms with van der Waals surface area (Å²) in [5, 5.41) is 8.84. The molecule has 1 heterocycles. The molecule has 0 radical (unpaired) electrons. The van der Waals surface area contributed by atoms with Crippen molar-refractivity contribution in [2.75, 3.05) is 0 Å². The molecule has 0 unspecified atom stereocenters. The van der Waals surface area contributed by atoms with Gasteiger partial charge in [0, 0.05) is 11.3 Å². The van der Waals surface area contributed by atoms with Crippen LogP contribution in [-0.2, 0) is 11.2 Å². The Hall–Kier alpha value is -2.23. The molecule has 0 amide bonds. The summed E-state index contributed by atoms with van der Waals surface area (Å²) in [5.74, 6) is -0.0871. The number of aryl methyl sites for hydroxylation is 1. The van der Waals surface area contributed by atoms with Gasteiger partial charge in [-0.15, -0.1) is 0 Å². The van der Waals surface area contributed by atoms with Crippen molar-refractivity contribution in [3.63, 3.8) is 0 Å². The third kappa shape index (κ3) is 3.41. The molecule has 0 atom stereocenters. The second-order valence-electron chi connectivity index (χ2n) is 5.16. The lowest BCUT2D eigenvalue weighted by Gasteiger charge is -2.08. The van der Waals surface area contributed by atoms with Crippen molar-refractivity contribution in [1.82, 2.24) is 9.97 Å². The first kappa shape index (κ1) is 14.2. The van der Waals surface area contributed by atoms with Crippen LogP contribution in [0.4, 0.5) is 0 Å². The van der Waals surface area contributed by atoms with E-state index in [1.807, 2.05) is 25.1 Å². The molecule has 0 fully saturated rings. The first-order valence-corrected chi connectivity index (χ1v) is 6.62. The van der Waals surface area contributed by atoms with E-state index in [2.05, 4.69) is 35.9 Å². The molecule has 0 aliphatic carbocycles. The average Bonchev–Trinajstić information content (AvgIpc) is 2.37. The minimum absolute atomic E-state index is 0.154. The third-order valence-electron chi connectivity index (χ3n) is 3.08. The van der Waals surface area contributed by atoms with E-state index < -0.39 is 5.97 Å². The van der Waals surface area contributed by atoms with E-state index in [0.29, 0.717) is 11.7 Å². The lowest BCUT2D eigenvalue weighted by molar-refractivity contribution is -0.136. The molecule has 4 heteroatoms. The van der Waals surface area contributed by atoms with Gasteiger partial charge in [-0.25, -0.2) is 9.97 Å². The summed E-state index contributed by atoms with van der Waals surface area (Å²) in [5.41, 5.74) is 3.79. The molecular formula is C16H18N2O2. The van der Waals surface area contributed by atoms with E-state index in [4.69, 9.17) is 5.11 Å². The van der Waals surface area contributed by atoms with E-state index in [1.54, 1.807) is 0 Å². The first-order chi connectivity index (χ1) is 9.45. The van der Waals surface area contributed by atoms with Crippen LogP contribution in [0.25, 0.3) is 11.3 Å². The van der Waals surface area contributed by atoms with Crippen molar-refractivity contribution in [3.05, 3.63) is 47.4 Å². The van der Waals surface area contributed by atoms with Crippen molar-refractivity contribution in [2.45, 2.75) is 33.1 Å². The molecule has 104 valence electrons. The van der Waals surface area contributed by atoms with Gasteiger partial charge in [-0.05, 0) is 24.5 Å². The average molecular weight is 270 g/mol. The number of hydrogen-bond acceptors (Lipinski definition) is 3. The highest BCUT2D eigenvalue weighted by atomic mass is 16.4. The highest BCUT2D eigenvalue weighted by molar-refractivity contribution is 5.69. The van der Waals surface area contributed by atoms with Crippen LogP contribution in [0, 0.1) is 6.92 Å². The van der Waals surface area contributed by atoms with Gasteiger partial charge in [0.25, 0.3) is 0 Å². The molecule has 1 N–H and O–H groups in total. The van der Waals surface area contributed by atoms with Crippen molar-refractivity contribution < 1.29 is 9.90 Å². The standard InChI is InChI=1S/C16H18N2O2/c1-10(2)12-4-6-13(7-5-12)14-8-11(3)17-15(18-14)9-16(19)20/h4-8,10H,9H2,1-3H3,(H,19,20). The van der Waals surface area contributed by atoms with E-state index in [-0.39, 0.29) is 6.42 Å². The van der Waals surface area contributed by atoms with Gasteiger partial charge < -0.3 is 5.11 Å². The summed E-state index contributed by atoms with van der Waals surface area (Å²) in [7, 11) is 0. The van der Waals surface area contributed by atoms with E-state index in [1.165, 1.54) is 5.56 Å². The Morgan fingerprint density at radius 3 is 2.40 bits per heavy atom. The maximum absolute atomic E-state index is 10.8. The topological polar surface area (TPSA) is 63.1 Å². The fourth-order valence-corrected chi connectivity index (χ4v) is 2.03. The van der Waals surface area contributed by atoms with Crippen LogP contribution in [0.15, 0.2) is 30.3 Å². The zero-order valence-electron chi connectivity index (χ0n) is 11.9. The van der Waals surface area contributed by atoms with Crippen molar-refractivity contribution in [1.29, 1.82) is 0 Å². The maximum Gasteiger partial charge on any atom is 0.311 e. The SMILES string of the molecule is Cc1cc(-c2ccc(C(C)C)cc2)nc(CC(=O)O)n1. The Morgan fingerprint density at radius 1 is 1.20 bits per heavy atom. The minimum Gasteiger partial charge on any atom is -0.481 e. The number of benzene rings is 1. The van der Waals surface area contributed by atoms with Gasteiger partial charge in [-0.2, -0.15) is 0 Å². The first-order valence-electron chi connectivity index (χ1n) is 6.62. The Balaban J connectivity index is 2.36. The number of carboxylic acids is 1. The van der Waals surface area contributed by atoms with E-state index in [9.17, 15) is 4.79 Å². The lowest BCUT2D eigenvalue weighted by Crippen LogP contribution is -2.06. The summed E-state index contributed by atoms with van der Waals surface area (Å²) in [6, 6.07) is 10.1. The highest BCUT2D eigenvalue weighted by Gasteiger charge is 2.08. The Labute approximate surface area is 118 Å². The smallest absolute Gasteiger partial charge is 0.311 e. The minimum atomic E-state index is -0.920. The molecule has 1 aromatic heterocycles. The molecule has 0 aliphatic heterocycles. The molecule has 2 aromatic rings. The maximum atomic E-state index is 10.8. The molecule has 0 bridgehead atoms. The van der Waals surface area contributed by atoms with Crippen molar-refractivity contribution in [2.24, 2.45) is 0 Å². The van der Waals surface area contributed by atoms with Gasteiger partial charge in [-0.1, -0.05) is 38.1 Å². The second kappa shape index (κ2) is 5.82. The summed E-state index contributed by atoms with van der Waals surface area (Å²) in [6.07, 6.45) is -0.154. The molecule has 0 saturated heterocycles. The second-order valence-corrected chi connectivity index (χ2v) is 5.16. The fraction of sp³-hybridized carbons (Fsp3) is 0.312. The molecule has 20 heavy (non-hydrogen) atoms. The summed E-state index contributed by atoms with van der Waals surface area (Å²) < 4.78 is 0. The summed E-state index contributed by atoms with van der Waals surface area (Å²) >= 11 is 0. The zero-order valence-corrected chi connectivity index (χ0v) is 11.9. The summed E-state index contributed by atoms with van der Waals surface area (Å²) in [4.78, 5) is 19.2.